The van der Waals surface area contributed by atoms with Gasteiger partial charge < -0.3 is 14.9 Å². The summed E-state index contributed by atoms with van der Waals surface area (Å²) >= 11 is 0. The van der Waals surface area contributed by atoms with Crippen molar-refractivity contribution in [2.24, 2.45) is 5.41 Å². The molecule has 11 heteroatoms. The van der Waals surface area contributed by atoms with E-state index >= 15 is 0 Å². The van der Waals surface area contributed by atoms with Gasteiger partial charge in [0.2, 0.25) is 17.7 Å². The third-order valence-corrected chi connectivity index (χ3v) is 14.3. The van der Waals surface area contributed by atoms with Crippen molar-refractivity contribution in [2.75, 3.05) is 31.1 Å². The molecule has 0 unspecified atom stereocenters. The summed E-state index contributed by atoms with van der Waals surface area (Å²) in [6.07, 6.45) is 5.36. The molecule has 11 nitrogen and oxygen atoms in total. The number of imide groups is 2. The molecular weight excluding hydrogens is 743 g/mol. The molecule has 59 heavy (non-hydrogen) atoms. The van der Waals surface area contributed by atoms with Gasteiger partial charge in [-0.2, -0.15) is 0 Å². The van der Waals surface area contributed by atoms with Crippen molar-refractivity contribution >= 4 is 35.2 Å². The number of phenolic OH excluding ortho intramolecular Hbond substituents is 1. The second kappa shape index (κ2) is 14.5. The van der Waals surface area contributed by atoms with Crippen LogP contribution in [0.15, 0.2) is 84.9 Å². The molecule has 5 heterocycles. The highest BCUT2D eigenvalue weighted by Gasteiger charge is 2.47. The number of phenols is 1. The van der Waals surface area contributed by atoms with Gasteiger partial charge >= 0.3 is 0 Å². The fourth-order valence-corrected chi connectivity index (χ4v) is 11.2. The fraction of sp³-hybridized carbons (Fsp3) is 0.396. The Hall–Kier alpha value is -5.81. The second-order valence-corrected chi connectivity index (χ2v) is 17.8. The third kappa shape index (κ3) is 6.59. The minimum Gasteiger partial charge on any atom is -0.508 e. The van der Waals surface area contributed by atoms with E-state index in [2.05, 4.69) is 82.7 Å². The zero-order valence-corrected chi connectivity index (χ0v) is 33.4. The number of nitrogens with zero attached hydrogens (tertiary/aromatic N) is 4. The molecule has 5 amide bonds. The van der Waals surface area contributed by atoms with Crippen LogP contribution in [-0.4, -0.2) is 87.6 Å². The molecule has 1 spiro atoms. The summed E-state index contributed by atoms with van der Waals surface area (Å²) in [4.78, 5) is 72.1. The van der Waals surface area contributed by atoms with Crippen LogP contribution in [0, 0.1) is 5.41 Å². The van der Waals surface area contributed by atoms with Gasteiger partial charge in [0.25, 0.3) is 11.8 Å². The topological polar surface area (TPSA) is 131 Å². The summed E-state index contributed by atoms with van der Waals surface area (Å²) in [5.74, 6) is -1.15. The lowest BCUT2D eigenvalue weighted by atomic mass is 9.69. The minimum absolute atomic E-state index is 0.0357. The van der Waals surface area contributed by atoms with Crippen LogP contribution in [0.2, 0.25) is 0 Å². The number of likely N-dealkylation sites (tertiary alicyclic amines) is 1. The van der Waals surface area contributed by atoms with Gasteiger partial charge in [0.1, 0.15) is 11.8 Å². The predicted molar refractivity (Wildman–Crippen MR) is 221 cm³/mol. The highest BCUT2D eigenvalue weighted by atomic mass is 16.3. The first-order valence-corrected chi connectivity index (χ1v) is 21.1. The third-order valence-electron chi connectivity index (χ3n) is 14.3. The number of benzene rings is 4. The maximum absolute atomic E-state index is 13.7. The van der Waals surface area contributed by atoms with Crippen LogP contribution in [0.3, 0.4) is 0 Å². The molecule has 0 saturated carbocycles. The largest absolute Gasteiger partial charge is 0.508 e. The van der Waals surface area contributed by atoms with E-state index in [0.29, 0.717) is 37.3 Å². The van der Waals surface area contributed by atoms with E-state index in [1.54, 1.807) is 17.0 Å². The number of anilines is 1. The molecule has 0 bridgehead atoms. The Morgan fingerprint density at radius 3 is 2.17 bits per heavy atom. The van der Waals surface area contributed by atoms with Gasteiger partial charge in [0.05, 0.1) is 17.7 Å². The highest BCUT2D eigenvalue weighted by molar-refractivity contribution is 6.23. The monoisotopic (exact) mass is 791 g/mol. The molecule has 10 rings (SSSR count). The fourth-order valence-electron chi connectivity index (χ4n) is 11.2. The number of hydrogen-bond acceptors (Lipinski definition) is 8. The Bertz CT molecular complexity index is 2340. The smallest absolute Gasteiger partial charge is 0.262 e. The Labute approximate surface area is 344 Å². The molecule has 5 aliphatic heterocycles. The second-order valence-electron chi connectivity index (χ2n) is 17.8. The van der Waals surface area contributed by atoms with Crippen LogP contribution in [0.1, 0.15) is 111 Å². The molecular formula is C48H49N5O6. The van der Waals surface area contributed by atoms with E-state index in [1.807, 2.05) is 12.1 Å². The average molecular weight is 792 g/mol. The van der Waals surface area contributed by atoms with Gasteiger partial charge in [0, 0.05) is 43.7 Å². The number of nitrogens with one attached hydrogen (secondary N) is 1. The normalized spacial score (nSPS) is 25.0. The van der Waals surface area contributed by atoms with Crippen molar-refractivity contribution < 1.29 is 29.1 Å². The van der Waals surface area contributed by atoms with Crippen LogP contribution in [-0.2, 0) is 33.9 Å². The van der Waals surface area contributed by atoms with E-state index in [4.69, 9.17) is 0 Å². The van der Waals surface area contributed by atoms with Crippen molar-refractivity contribution in [2.45, 2.75) is 88.9 Å². The van der Waals surface area contributed by atoms with Crippen molar-refractivity contribution in [1.82, 2.24) is 20.0 Å². The number of rotatable bonds is 6. The van der Waals surface area contributed by atoms with Crippen molar-refractivity contribution in [1.29, 1.82) is 0 Å². The minimum atomic E-state index is -1.00. The molecule has 302 valence electrons. The lowest BCUT2D eigenvalue weighted by molar-refractivity contribution is -0.136. The van der Waals surface area contributed by atoms with E-state index in [-0.39, 0.29) is 41.2 Å². The van der Waals surface area contributed by atoms with Gasteiger partial charge in [-0.25, -0.2) is 0 Å². The Morgan fingerprint density at radius 1 is 0.797 bits per heavy atom. The highest BCUT2D eigenvalue weighted by Crippen LogP contribution is 2.49. The SMILES string of the molecule is C[C@H]1CC2(CCN(CC(=O)N3Cc4cc5c(cc4C3)C(=O)N([C@@H]3CCC(=O)NC3=O)C5=O)CC2)CN1c1ccc([C@@H]2c3ccc(O)cc3CC[C@@H]2c2ccccc2)cc1. The van der Waals surface area contributed by atoms with Crippen LogP contribution >= 0.6 is 0 Å². The summed E-state index contributed by atoms with van der Waals surface area (Å²) in [5.41, 5.74) is 8.83. The van der Waals surface area contributed by atoms with Gasteiger partial charge in [-0.15, -0.1) is 0 Å². The summed E-state index contributed by atoms with van der Waals surface area (Å²) < 4.78 is 0. The molecule has 3 saturated heterocycles. The Morgan fingerprint density at radius 2 is 1.49 bits per heavy atom. The lowest BCUT2D eigenvalue weighted by Gasteiger charge is -2.39. The first-order valence-electron chi connectivity index (χ1n) is 21.1. The van der Waals surface area contributed by atoms with Crippen LogP contribution in [0.4, 0.5) is 5.69 Å². The summed E-state index contributed by atoms with van der Waals surface area (Å²) in [6.45, 7) is 6.12. The van der Waals surface area contributed by atoms with E-state index < -0.39 is 29.7 Å². The summed E-state index contributed by atoms with van der Waals surface area (Å²) in [5, 5.41) is 12.5. The summed E-state index contributed by atoms with van der Waals surface area (Å²) in [6, 6.07) is 28.8. The molecule has 4 aromatic rings. The van der Waals surface area contributed by atoms with E-state index in [0.717, 1.165) is 67.8 Å². The van der Waals surface area contributed by atoms with E-state index in [1.165, 1.54) is 27.9 Å². The summed E-state index contributed by atoms with van der Waals surface area (Å²) in [7, 11) is 0. The van der Waals surface area contributed by atoms with Gasteiger partial charge in [0.15, 0.2) is 0 Å². The van der Waals surface area contributed by atoms with Crippen LogP contribution in [0.25, 0.3) is 0 Å². The molecule has 0 radical (unpaired) electrons. The quantitative estimate of drug-likeness (QED) is 0.232. The average Bonchev–Trinajstić information content (AvgIpc) is 3.88. The van der Waals surface area contributed by atoms with Gasteiger partial charge in [-0.05, 0) is 140 Å². The van der Waals surface area contributed by atoms with Crippen LogP contribution in [0.5, 0.6) is 5.75 Å². The van der Waals surface area contributed by atoms with Crippen LogP contribution < -0.4 is 10.2 Å². The molecule has 0 aromatic heterocycles. The van der Waals surface area contributed by atoms with Crippen molar-refractivity contribution in [3.8, 4) is 5.75 Å². The number of fused-ring (bicyclic) bond motifs is 3. The number of carbonyl (C=O) groups is 5. The molecule has 2 N–H and O–H groups in total. The zero-order chi connectivity index (χ0) is 40.6. The van der Waals surface area contributed by atoms with E-state index in [9.17, 15) is 29.1 Å². The Balaban J connectivity index is 0.764. The number of amides is 5. The molecule has 6 aliphatic rings. The van der Waals surface area contributed by atoms with Crippen molar-refractivity contribution in [3.05, 3.63) is 129 Å². The number of carbonyl (C=O) groups excluding carboxylic acids is 5. The standard InChI is InChI=1S/C48H49N5O6/c1-29-24-48(28-52(29)35-10-7-31(8-11-35)44-37(30-5-3-2-4-6-30)13-9-32-21-36(54)12-14-38(32)44)17-19-50(20-18-48)27-43(56)51-25-33-22-39-40(23-34(33)26-51)47(59)53(46(39)58)41-15-16-42(55)49-45(41)57/h2-8,10-12,14,21-23,29,37,41,44,54H,9,13,15-20,24-28H2,1H3,(H,49,55,57)/t29-,37+,41+,44-/m0/s1. The predicted octanol–water partition coefficient (Wildman–Crippen LogP) is 5.88. The van der Waals surface area contributed by atoms with Gasteiger partial charge in [-0.1, -0.05) is 48.5 Å². The number of aromatic hydroxyl groups is 1. The Kier molecular flexibility index (Phi) is 9.19. The maximum atomic E-state index is 13.7. The number of hydrogen-bond donors (Lipinski definition) is 2. The zero-order valence-electron chi connectivity index (χ0n) is 33.4. The maximum Gasteiger partial charge on any atom is 0.262 e. The number of aryl methyl sites for hydroxylation is 1. The molecule has 1 aliphatic carbocycles. The molecule has 4 aromatic carbocycles. The van der Waals surface area contributed by atoms with Gasteiger partial charge in [-0.3, -0.25) is 39.1 Å². The van der Waals surface area contributed by atoms with Crippen molar-refractivity contribution in [3.63, 3.8) is 0 Å². The molecule has 3 fully saturated rings. The lowest BCUT2D eigenvalue weighted by Crippen LogP contribution is -2.54. The first kappa shape index (κ1) is 37.5. The number of piperidine rings is 2. The molecule has 4 atom stereocenters. The first-order chi connectivity index (χ1) is 28.5.